The smallest absolute Gasteiger partial charge is 0.350 e. The molecule has 1 aromatic carbocycles. The van der Waals surface area contributed by atoms with Crippen LogP contribution in [0.4, 0.5) is 11.4 Å². The number of ether oxygens (including phenoxy) is 1. The number of carbonyl (C=O) groups excluding carboxylic acids is 1. The normalized spacial score (nSPS) is 10.3. The summed E-state index contributed by atoms with van der Waals surface area (Å²) < 4.78 is 5.99. The summed E-state index contributed by atoms with van der Waals surface area (Å²) in [5, 5.41) is 17.5. The molecule has 0 aliphatic heterocycles. The number of hydrogen-bond donors (Lipinski definition) is 1. The molecule has 1 heterocycles. The fourth-order valence-corrected chi connectivity index (χ4v) is 1.95. The van der Waals surface area contributed by atoms with Crippen molar-refractivity contribution >= 4 is 17.3 Å². The van der Waals surface area contributed by atoms with Gasteiger partial charge in [-0.15, -0.1) is 5.10 Å². The number of nitrogens with zero attached hydrogens (tertiary/aromatic N) is 3. The highest BCUT2D eigenvalue weighted by molar-refractivity contribution is 5.91. The first kappa shape index (κ1) is 15.5. The molecular formula is C14H16N4O4. The lowest BCUT2D eigenvalue weighted by Gasteiger charge is -2.09. The van der Waals surface area contributed by atoms with Crippen LogP contribution in [-0.2, 0) is 11.3 Å². The SMILES string of the molecule is COc1nn(CC(=O)Nc2cc(C)ccc2C)cc1[N+](=O)[O-]. The Morgan fingerprint density at radius 2 is 2.18 bits per heavy atom. The van der Waals surface area contributed by atoms with Gasteiger partial charge in [-0.3, -0.25) is 19.6 Å². The highest BCUT2D eigenvalue weighted by Gasteiger charge is 2.21. The van der Waals surface area contributed by atoms with Gasteiger partial charge in [0.25, 0.3) is 0 Å². The molecule has 0 atom stereocenters. The van der Waals surface area contributed by atoms with Crippen molar-refractivity contribution in [1.82, 2.24) is 9.78 Å². The molecule has 0 bridgehead atoms. The predicted molar refractivity (Wildman–Crippen MR) is 80.0 cm³/mol. The summed E-state index contributed by atoms with van der Waals surface area (Å²) in [6, 6.07) is 5.72. The molecule has 1 N–H and O–H groups in total. The lowest BCUT2D eigenvalue weighted by atomic mass is 10.1. The molecule has 0 aliphatic carbocycles. The minimum absolute atomic E-state index is 0.121. The number of methoxy groups -OCH3 is 1. The molecule has 1 amide bonds. The average Bonchev–Trinajstić information content (AvgIpc) is 2.86. The zero-order valence-corrected chi connectivity index (χ0v) is 12.5. The zero-order chi connectivity index (χ0) is 16.3. The van der Waals surface area contributed by atoms with Gasteiger partial charge in [-0.2, -0.15) is 0 Å². The number of aryl methyl sites for hydroxylation is 2. The minimum Gasteiger partial charge on any atom is -0.475 e. The largest absolute Gasteiger partial charge is 0.475 e. The predicted octanol–water partition coefficient (Wildman–Crippen LogP) is 2.06. The Kier molecular flexibility index (Phi) is 4.40. The van der Waals surface area contributed by atoms with Gasteiger partial charge in [0.15, 0.2) is 0 Å². The molecule has 0 saturated carbocycles. The molecule has 8 heteroatoms. The van der Waals surface area contributed by atoms with Crippen molar-refractivity contribution in [3.05, 3.63) is 45.6 Å². The van der Waals surface area contributed by atoms with Crippen molar-refractivity contribution in [2.24, 2.45) is 0 Å². The first-order chi connectivity index (χ1) is 10.4. The molecule has 116 valence electrons. The highest BCUT2D eigenvalue weighted by Crippen LogP contribution is 2.24. The number of hydrogen-bond acceptors (Lipinski definition) is 5. The Morgan fingerprint density at radius 3 is 2.77 bits per heavy atom. The van der Waals surface area contributed by atoms with Crippen molar-refractivity contribution in [1.29, 1.82) is 0 Å². The van der Waals surface area contributed by atoms with Crippen molar-refractivity contribution in [3.63, 3.8) is 0 Å². The van der Waals surface area contributed by atoms with E-state index in [1.807, 2.05) is 32.0 Å². The van der Waals surface area contributed by atoms with Crippen molar-refractivity contribution in [2.45, 2.75) is 20.4 Å². The quantitative estimate of drug-likeness (QED) is 0.673. The summed E-state index contributed by atoms with van der Waals surface area (Å²) in [4.78, 5) is 22.3. The fourth-order valence-electron chi connectivity index (χ4n) is 1.95. The van der Waals surface area contributed by atoms with Crippen LogP contribution in [-0.4, -0.2) is 27.7 Å². The first-order valence-electron chi connectivity index (χ1n) is 6.53. The molecule has 0 fully saturated rings. The lowest BCUT2D eigenvalue weighted by molar-refractivity contribution is -0.385. The molecule has 0 radical (unpaired) electrons. The second kappa shape index (κ2) is 6.25. The summed E-state index contributed by atoms with van der Waals surface area (Å²) in [6.45, 7) is 3.67. The van der Waals surface area contributed by atoms with Crippen LogP contribution in [0.2, 0.25) is 0 Å². The number of carbonyl (C=O) groups is 1. The molecule has 1 aromatic heterocycles. The molecule has 0 unspecified atom stereocenters. The van der Waals surface area contributed by atoms with Crippen molar-refractivity contribution in [2.75, 3.05) is 12.4 Å². The second-order valence-electron chi connectivity index (χ2n) is 4.84. The van der Waals surface area contributed by atoms with E-state index in [1.165, 1.54) is 18.0 Å². The summed E-state index contributed by atoms with van der Waals surface area (Å²) in [5.41, 5.74) is 2.39. The zero-order valence-electron chi connectivity index (χ0n) is 12.5. The summed E-state index contributed by atoms with van der Waals surface area (Å²) >= 11 is 0. The van der Waals surface area contributed by atoms with Crippen LogP contribution in [0.3, 0.4) is 0 Å². The van der Waals surface area contributed by atoms with Gasteiger partial charge in [-0.1, -0.05) is 12.1 Å². The van der Waals surface area contributed by atoms with Gasteiger partial charge in [-0.05, 0) is 31.0 Å². The summed E-state index contributed by atoms with van der Waals surface area (Å²) in [7, 11) is 1.29. The van der Waals surface area contributed by atoms with Gasteiger partial charge in [0, 0.05) is 5.69 Å². The van der Waals surface area contributed by atoms with Crippen LogP contribution in [0.5, 0.6) is 5.88 Å². The van der Waals surface area contributed by atoms with Crippen LogP contribution < -0.4 is 10.1 Å². The Labute approximate surface area is 126 Å². The van der Waals surface area contributed by atoms with E-state index in [4.69, 9.17) is 4.74 Å². The molecule has 0 spiro atoms. The third kappa shape index (κ3) is 3.40. The number of aromatic nitrogens is 2. The molecule has 0 aliphatic rings. The maximum absolute atomic E-state index is 12.0. The molecule has 2 aromatic rings. The highest BCUT2D eigenvalue weighted by atomic mass is 16.6. The van der Waals surface area contributed by atoms with E-state index in [1.54, 1.807) is 0 Å². The van der Waals surface area contributed by atoms with E-state index in [9.17, 15) is 14.9 Å². The topological polar surface area (TPSA) is 99.3 Å². The molecule has 22 heavy (non-hydrogen) atoms. The van der Waals surface area contributed by atoms with Gasteiger partial charge in [-0.25, -0.2) is 0 Å². The summed E-state index contributed by atoms with van der Waals surface area (Å²) in [6.07, 6.45) is 1.17. The standard InChI is InChI=1S/C14H16N4O4/c1-9-4-5-10(2)11(6-9)15-13(19)8-17-7-12(18(20)21)14(16-17)22-3/h4-7H,8H2,1-3H3,(H,15,19). The molecule has 8 nitrogen and oxygen atoms in total. The Balaban J connectivity index is 2.12. The van der Waals surface area contributed by atoms with Gasteiger partial charge in [0.1, 0.15) is 12.7 Å². The van der Waals surface area contributed by atoms with Crippen LogP contribution in [0.15, 0.2) is 24.4 Å². The average molecular weight is 304 g/mol. The lowest BCUT2D eigenvalue weighted by Crippen LogP contribution is -2.19. The van der Waals surface area contributed by atoms with E-state index in [0.29, 0.717) is 5.69 Å². The number of rotatable bonds is 5. The number of amides is 1. The van der Waals surface area contributed by atoms with E-state index >= 15 is 0 Å². The Hall–Kier alpha value is -2.90. The number of nitro groups is 1. The molecule has 0 saturated heterocycles. The van der Waals surface area contributed by atoms with E-state index < -0.39 is 4.92 Å². The van der Waals surface area contributed by atoms with E-state index in [0.717, 1.165) is 11.1 Å². The fraction of sp³-hybridized carbons (Fsp3) is 0.286. The number of nitrogens with one attached hydrogen (secondary N) is 1. The van der Waals surface area contributed by atoms with Crippen LogP contribution in [0, 0.1) is 24.0 Å². The van der Waals surface area contributed by atoms with E-state index in [2.05, 4.69) is 10.4 Å². The summed E-state index contributed by atoms with van der Waals surface area (Å²) in [5.74, 6) is -0.446. The Morgan fingerprint density at radius 1 is 1.45 bits per heavy atom. The van der Waals surface area contributed by atoms with Crippen LogP contribution in [0.25, 0.3) is 0 Å². The monoisotopic (exact) mass is 304 g/mol. The number of benzene rings is 1. The van der Waals surface area contributed by atoms with Gasteiger partial charge >= 0.3 is 11.6 Å². The van der Waals surface area contributed by atoms with Gasteiger partial charge in [0.2, 0.25) is 5.91 Å². The first-order valence-corrected chi connectivity index (χ1v) is 6.53. The Bertz CT molecular complexity index is 724. The van der Waals surface area contributed by atoms with Crippen LogP contribution in [0.1, 0.15) is 11.1 Å². The van der Waals surface area contributed by atoms with Crippen LogP contribution >= 0.6 is 0 Å². The second-order valence-corrected chi connectivity index (χ2v) is 4.84. The molecular weight excluding hydrogens is 288 g/mol. The van der Waals surface area contributed by atoms with Crippen molar-refractivity contribution in [3.8, 4) is 5.88 Å². The third-order valence-corrected chi connectivity index (χ3v) is 3.07. The maximum atomic E-state index is 12.0. The van der Waals surface area contributed by atoms with E-state index in [-0.39, 0.29) is 24.0 Å². The van der Waals surface area contributed by atoms with Gasteiger partial charge < -0.3 is 10.1 Å². The maximum Gasteiger partial charge on any atom is 0.350 e. The number of anilines is 1. The molecule has 2 rings (SSSR count). The van der Waals surface area contributed by atoms with Crippen molar-refractivity contribution < 1.29 is 14.5 Å². The third-order valence-electron chi connectivity index (χ3n) is 3.07. The van der Waals surface area contributed by atoms with Gasteiger partial charge in [0.05, 0.1) is 12.0 Å². The minimum atomic E-state index is -0.606.